The highest BCUT2D eigenvalue weighted by molar-refractivity contribution is 5.69. The van der Waals surface area contributed by atoms with Crippen molar-refractivity contribution in [1.29, 1.82) is 0 Å². The summed E-state index contributed by atoms with van der Waals surface area (Å²) in [6.07, 6.45) is 0. The molecule has 2 N–H and O–H groups in total. The van der Waals surface area contributed by atoms with Gasteiger partial charge < -0.3 is 10.3 Å². The van der Waals surface area contributed by atoms with Gasteiger partial charge in [0.1, 0.15) is 5.56 Å². The molecule has 0 aliphatic rings. The van der Waals surface area contributed by atoms with Crippen molar-refractivity contribution in [1.82, 2.24) is 10.1 Å². The lowest BCUT2D eigenvalue weighted by atomic mass is 10.1. The first-order valence-corrected chi connectivity index (χ1v) is 5.82. The number of nitro groups is 1. The summed E-state index contributed by atoms with van der Waals surface area (Å²) in [5.74, 6) is 0.542. The van der Waals surface area contributed by atoms with Gasteiger partial charge in [0, 0.05) is 18.0 Å². The third-order valence-electron chi connectivity index (χ3n) is 2.89. The van der Waals surface area contributed by atoms with Crippen molar-refractivity contribution in [2.24, 2.45) is 5.73 Å². The zero-order chi connectivity index (χ0) is 14.0. The van der Waals surface area contributed by atoms with Crippen LogP contribution in [0.15, 0.2) is 22.7 Å². The van der Waals surface area contributed by atoms with Gasteiger partial charge in [-0.25, -0.2) is 0 Å². The summed E-state index contributed by atoms with van der Waals surface area (Å²) in [6, 6.07) is 4.98. The third-order valence-corrected chi connectivity index (χ3v) is 2.89. The summed E-state index contributed by atoms with van der Waals surface area (Å²) in [7, 11) is 0. The topological polar surface area (TPSA) is 108 Å². The number of nitrogens with two attached hydrogens (primary N) is 1. The minimum atomic E-state index is -0.444. The van der Waals surface area contributed by atoms with Crippen LogP contribution >= 0.6 is 0 Å². The van der Waals surface area contributed by atoms with Gasteiger partial charge in [-0.2, -0.15) is 4.98 Å². The summed E-state index contributed by atoms with van der Waals surface area (Å²) in [4.78, 5) is 14.8. The molecule has 0 fully saturated rings. The van der Waals surface area contributed by atoms with E-state index in [4.69, 9.17) is 10.3 Å². The van der Waals surface area contributed by atoms with Crippen molar-refractivity contribution < 1.29 is 9.45 Å². The fourth-order valence-electron chi connectivity index (χ4n) is 1.72. The lowest BCUT2D eigenvalue weighted by Gasteiger charge is -2.01. The zero-order valence-electron chi connectivity index (χ0n) is 10.7. The Morgan fingerprint density at radius 1 is 1.53 bits per heavy atom. The molecular formula is C12H14N4O3. The van der Waals surface area contributed by atoms with Crippen LogP contribution in [0.1, 0.15) is 24.2 Å². The molecule has 0 saturated heterocycles. The van der Waals surface area contributed by atoms with Gasteiger partial charge in [0.15, 0.2) is 5.82 Å². The van der Waals surface area contributed by atoms with Crippen LogP contribution in [-0.2, 0) is 0 Å². The summed E-state index contributed by atoms with van der Waals surface area (Å²) < 4.78 is 5.10. The van der Waals surface area contributed by atoms with Crippen LogP contribution in [0.4, 0.5) is 5.69 Å². The first-order valence-electron chi connectivity index (χ1n) is 5.82. The second-order valence-corrected chi connectivity index (χ2v) is 4.32. The van der Waals surface area contributed by atoms with Crippen molar-refractivity contribution in [3.63, 3.8) is 0 Å². The van der Waals surface area contributed by atoms with Gasteiger partial charge in [-0.05, 0) is 13.0 Å². The van der Waals surface area contributed by atoms with Crippen molar-refractivity contribution in [3.05, 3.63) is 39.7 Å². The van der Waals surface area contributed by atoms with E-state index < -0.39 is 4.92 Å². The molecule has 0 aliphatic carbocycles. The first kappa shape index (κ1) is 13.2. The lowest BCUT2D eigenvalue weighted by molar-refractivity contribution is -0.384. The molecule has 0 radical (unpaired) electrons. The van der Waals surface area contributed by atoms with Gasteiger partial charge in [0.2, 0.25) is 0 Å². The molecule has 0 amide bonds. The number of para-hydroxylation sites is 1. The fraction of sp³-hybridized carbons (Fsp3) is 0.333. The van der Waals surface area contributed by atoms with Crippen molar-refractivity contribution >= 4 is 5.69 Å². The highest BCUT2D eigenvalue weighted by Crippen LogP contribution is 2.31. The number of aromatic nitrogens is 2. The average molecular weight is 262 g/mol. The molecule has 7 nitrogen and oxygen atoms in total. The molecule has 19 heavy (non-hydrogen) atoms. The normalized spacial score (nSPS) is 12.4. The second kappa shape index (κ2) is 5.15. The third kappa shape index (κ3) is 2.45. The summed E-state index contributed by atoms with van der Waals surface area (Å²) in [5, 5.41) is 14.9. The van der Waals surface area contributed by atoms with E-state index in [9.17, 15) is 10.1 Å². The number of rotatable bonds is 4. The highest BCUT2D eigenvalue weighted by atomic mass is 16.6. The Morgan fingerprint density at radius 2 is 2.26 bits per heavy atom. The van der Waals surface area contributed by atoms with Gasteiger partial charge in [-0.3, -0.25) is 10.1 Å². The number of hydrogen-bond donors (Lipinski definition) is 1. The van der Waals surface area contributed by atoms with Crippen LogP contribution in [0.3, 0.4) is 0 Å². The summed E-state index contributed by atoms with van der Waals surface area (Å²) in [6.45, 7) is 3.91. The number of nitrogens with zero attached hydrogens (tertiary/aromatic N) is 3. The first-order chi connectivity index (χ1) is 9.04. The van der Waals surface area contributed by atoms with Gasteiger partial charge in [-0.1, -0.05) is 24.2 Å². The van der Waals surface area contributed by atoms with Crippen LogP contribution in [0.2, 0.25) is 0 Å². The maximum atomic E-state index is 11.1. The zero-order valence-corrected chi connectivity index (χ0v) is 10.7. The Hall–Kier alpha value is -2.28. The van der Waals surface area contributed by atoms with E-state index in [0.717, 1.165) is 0 Å². The molecule has 1 atom stereocenters. The van der Waals surface area contributed by atoms with Crippen molar-refractivity contribution in [3.8, 4) is 11.5 Å². The SMILES string of the molecule is Cc1cccc(-c2nc(C(C)CN)no2)c1[N+](=O)[O-]. The van der Waals surface area contributed by atoms with Crippen LogP contribution < -0.4 is 5.73 Å². The average Bonchev–Trinajstić information content (AvgIpc) is 2.86. The molecule has 2 rings (SSSR count). The van der Waals surface area contributed by atoms with Gasteiger partial charge in [0.05, 0.1) is 4.92 Å². The quantitative estimate of drug-likeness (QED) is 0.667. The number of hydrogen-bond acceptors (Lipinski definition) is 6. The van der Waals surface area contributed by atoms with Crippen molar-refractivity contribution in [2.75, 3.05) is 6.54 Å². The Balaban J connectivity index is 2.50. The van der Waals surface area contributed by atoms with E-state index >= 15 is 0 Å². The monoisotopic (exact) mass is 262 g/mol. The van der Waals surface area contributed by atoms with Crippen LogP contribution in [0.25, 0.3) is 11.5 Å². The largest absolute Gasteiger partial charge is 0.334 e. The smallest absolute Gasteiger partial charge is 0.285 e. The van der Waals surface area contributed by atoms with E-state index in [0.29, 0.717) is 23.5 Å². The molecule has 1 heterocycles. The Morgan fingerprint density at radius 3 is 2.89 bits per heavy atom. The van der Waals surface area contributed by atoms with E-state index in [-0.39, 0.29) is 17.5 Å². The predicted octanol–water partition coefficient (Wildman–Crippen LogP) is 2.02. The Labute approximate surface area is 109 Å². The number of nitro benzene ring substituents is 1. The van der Waals surface area contributed by atoms with Gasteiger partial charge in [-0.15, -0.1) is 0 Å². The molecule has 0 aliphatic heterocycles. The van der Waals surface area contributed by atoms with E-state index in [1.165, 1.54) is 0 Å². The molecule has 0 spiro atoms. The number of aryl methyl sites for hydroxylation is 1. The minimum Gasteiger partial charge on any atom is -0.334 e. The maximum absolute atomic E-state index is 11.1. The van der Waals surface area contributed by atoms with Crippen LogP contribution in [-0.4, -0.2) is 21.6 Å². The van der Waals surface area contributed by atoms with E-state index in [2.05, 4.69) is 10.1 Å². The predicted molar refractivity (Wildman–Crippen MR) is 68.6 cm³/mol. The Bertz CT molecular complexity index is 609. The Kier molecular flexibility index (Phi) is 3.57. The molecule has 0 saturated carbocycles. The molecule has 1 unspecified atom stereocenters. The maximum Gasteiger partial charge on any atom is 0.285 e. The highest BCUT2D eigenvalue weighted by Gasteiger charge is 2.23. The molecule has 0 bridgehead atoms. The molecule has 1 aromatic heterocycles. The van der Waals surface area contributed by atoms with E-state index in [1.807, 2.05) is 6.92 Å². The summed E-state index contributed by atoms with van der Waals surface area (Å²) in [5.41, 5.74) is 6.39. The number of benzene rings is 1. The molecule has 7 heteroatoms. The standard InChI is InChI=1S/C12H14N4O3/c1-7-4-3-5-9(10(7)16(17)18)12-14-11(15-19-12)8(2)6-13/h3-5,8H,6,13H2,1-2H3. The van der Waals surface area contributed by atoms with Gasteiger partial charge in [0.25, 0.3) is 11.6 Å². The second-order valence-electron chi connectivity index (χ2n) is 4.32. The lowest BCUT2D eigenvalue weighted by Crippen LogP contribution is -2.10. The van der Waals surface area contributed by atoms with Crippen LogP contribution in [0.5, 0.6) is 0 Å². The van der Waals surface area contributed by atoms with Gasteiger partial charge >= 0.3 is 0 Å². The van der Waals surface area contributed by atoms with E-state index in [1.54, 1.807) is 25.1 Å². The molecule has 2 aromatic rings. The van der Waals surface area contributed by atoms with Crippen molar-refractivity contribution in [2.45, 2.75) is 19.8 Å². The summed E-state index contributed by atoms with van der Waals surface area (Å²) >= 11 is 0. The molecule has 100 valence electrons. The van der Waals surface area contributed by atoms with Crippen LogP contribution in [0, 0.1) is 17.0 Å². The molecular weight excluding hydrogens is 248 g/mol. The molecule has 1 aromatic carbocycles. The fourth-order valence-corrected chi connectivity index (χ4v) is 1.72. The minimum absolute atomic E-state index is 0.0156.